The number of hydrogen-bond acceptors (Lipinski definition) is 5. The van der Waals surface area contributed by atoms with E-state index in [0.29, 0.717) is 17.5 Å². The summed E-state index contributed by atoms with van der Waals surface area (Å²) in [4.78, 5) is 17.0. The molecular weight excluding hydrogens is 342 g/mol. The summed E-state index contributed by atoms with van der Waals surface area (Å²) in [5.74, 6) is 0.567. The monoisotopic (exact) mass is 369 g/mol. The predicted molar refractivity (Wildman–Crippen MR) is 102 cm³/mol. The van der Waals surface area contributed by atoms with Gasteiger partial charge in [-0.05, 0) is 31.2 Å². The molecule has 1 atom stereocenters. The van der Waals surface area contributed by atoms with Crippen LogP contribution in [-0.2, 0) is 6.42 Å². The third-order valence-corrected chi connectivity index (χ3v) is 5.84. The van der Waals surface area contributed by atoms with E-state index in [2.05, 4.69) is 29.1 Å². The molecule has 1 aromatic carbocycles. The second-order valence-corrected chi connectivity index (χ2v) is 7.59. The molecule has 0 spiro atoms. The molecule has 3 heterocycles. The molecule has 0 bridgehead atoms. The van der Waals surface area contributed by atoms with Gasteiger partial charge in [-0.1, -0.05) is 36.3 Å². The molecule has 6 nitrogen and oxygen atoms in total. The van der Waals surface area contributed by atoms with Crippen molar-refractivity contribution < 1.29 is 14.4 Å². The van der Waals surface area contributed by atoms with Crippen LogP contribution in [0, 0.1) is 0 Å². The summed E-state index contributed by atoms with van der Waals surface area (Å²) in [6.45, 7) is 5.30. The standard InChI is InChI=1S/C21H27N3O3/c1-2-15-3-5-16(6-4-15)20-13-19(22-27-20)21(26)23-10-7-17(8-11-23)24-12-9-18(25)14-24/h3-6,13,17-18,25H,2,7-12,14H2,1H3. The van der Waals surface area contributed by atoms with Crippen molar-refractivity contribution in [1.82, 2.24) is 15.0 Å². The molecule has 1 unspecified atom stereocenters. The minimum Gasteiger partial charge on any atom is -0.392 e. The van der Waals surface area contributed by atoms with Crippen LogP contribution < -0.4 is 0 Å². The summed E-state index contributed by atoms with van der Waals surface area (Å²) in [6, 6.07) is 10.4. The highest BCUT2D eigenvalue weighted by Gasteiger charge is 2.32. The summed E-state index contributed by atoms with van der Waals surface area (Å²) >= 11 is 0. The maximum absolute atomic E-state index is 12.8. The smallest absolute Gasteiger partial charge is 0.276 e. The van der Waals surface area contributed by atoms with Gasteiger partial charge in [-0.15, -0.1) is 0 Å². The van der Waals surface area contributed by atoms with Crippen LogP contribution in [0.3, 0.4) is 0 Å². The van der Waals surface area contributed by atoms with Crippen molar-refractivity contribution in [3.8, 4) is 11.3 Å². The van der Waals surface area contributed by atoms with Gasteiger partial charge in [0.15, 0.2) is 11.5 Å². The van der Waals surface area contributed by atoms with Gasteiger partial charge >= 0.3 is 0 Å². The van der Waals surface area contributed by atoms with E-state index >= 15 is 0 Å². The Kier molecular flexibility index (Phi) is 5.27. The fourth-order valence-corrected chi connectivity index (χ4v) is 4.11. The van der Waals surface area contributed by atoms with Gasteiger partial charge in [0.1, 0.15) is 0 Å². The summed E-state index contributed by atoms with van der Waals surface area (Å²) < 4.78 is 5.42. The normalized spacial score (nSPS) is 21.7. The number of carbonyl (C=O) groups is 1. The zero-order valence-electron chi connectivity index (χ0n) is 15.8. The SMILES string of the molecule is CCc1ccc(-c2cc(C(=O)N3CCC(N4CCC(O)C4)CC3)no2)cc1. The van der Waals surface area contributed by atoms with Crippen molar-refractivity contribution in [3.05, 3.63) is 41.6 Å². The lowest BCUT2D eigenvalue weighted by Crippen LogP contribution is -2.46. The van der Waals surface area contributed by atoms with Gasteiger partial charge in [0.25, 0.3) is 5.91 Å². The highest BCUT2D eigenvalue weighted by molar-refractivity contribution is 5.93. The summed E-state index contributed by atoms with van der Waals surface area (Å²) in [7, 11) is 0. The zero-order valence-corrected chi connectivity index (χ0v) is 15.8. The number of aliphatic hydroxyl groups is 1. The lowest BCUT2D eigenvalue weighted by molar-refractivity contribution is 0.0618. The van der Waals surface area contributed by atoms with Gasteiger partial charge in [-0.3, -0.25) is 9.69 Å². The van der Waals surface area contributed by atoms with E-state index in [4.69, 9.17) is 4.52 Å². The average Bonchev–Trinajstić information content (AvgIpc) is 3.37. The van der Waals surface area contributed by atoms with E-state index in [-0.39, 0.29) is 12.0 Å². The first-order valence-corrected chi connectivity index (χ1v) is 9.91. The molecule has 2 saturated heterocycles. The van der Waals surface area contributed by atoms with E-state index < -0.39 is 0 Å². The lowest BCUT2D eigenvalue weighted by atomic mass is 10.0. The summed E-state index contributed by atoms with van der Waals surface area (Å²) in [5.41, 5.74) is 2.58. The number of rotatable bonds is 4. The number of likely N-dealkylation sites (tertiary alicyclic amines) is 2. The Bertz CT molecular complexity index is 778. The van der Waals surface area contributed by atoms with Crippen molar-refractivity contribution in [2.75, 3.05) is 26.2 Å². The fourth-order valence-electron chi connectivity index (χ4n) is 4.11. The Balaban J connectivity index is 1.37. The van der Waals surface area contributed by atoms with Crippen LogP contribution in [0.4, 0.5) is 0 Å². The molecule has 2 fully saturated rings. The fraction of sp³-hybridized carbons (Fsp3) is 0.524. The summed E-state index contributed by atoms with van der Waals surface area (Å²) in [5, 5.41) is 13.7. The minimum absolute atomic E-state index is 0.0601. The van der Waals surface area contributed by atoms with Crippen molar-refractivity contribution in [2.45, 2.75) is 44.8 Å². The molecule has 6 heteroatoms. The number of β-amino-alcohol motifs (C(OH)–C–C–N with tert-alkyl or cyclic N) is 1. The first-order chi connectivity index (χ1) is 13.1. The number of aromatic nitrogens is 1. The molecule has 2 aliphatic heterocycles. The Morgan fingerprint density at radius 2 is 1.93 bits per heavy atom. The molecule has 144 valence electrons. The van der Waals surface area contributed by atoms with Crippen LogP contribution in [0.1, 0.15) is 42.2 Å². The van der Waals surface area contributed by atoms with Gasteiger partial charge in [-0.25, -0.2) is 0 Å². The van der Waals surface area contributed by atoms with Crippen molar-refractivity contribution in [1.29, 1.82) is 0 Å². The topological polar surface area (TPSA) is 69.8 Å². The molecule has 1 amide bonds. The summed E-state index contributed by atoms with van der Waals surface area (Å²) in [6.07, 6.45) is 3.56. The number of hydrogen-bond donors (Lipinski definition) is 1. The Morgan fingerprint density at radius 1 is 1.19 bits per heavy atom. The largest absolute Gasteiger partial charge is 0.392 e. The van der Waals surface area contributed by atoms with E-state index in [1.54, 1.807) is 6.07 Å². The molecule has 0 saturated carbocycles. The van der Waals surface area contributed by atoms with Crippen LogP contribution in [0.25, 0.3) is 11.3 Å². The second kappa shape index (κ2) is 7.82. The maximum atomic E-state index is 12.8. The van der Waals surface area contributed by atoms with Gasteiger partial charge in [0.05, 0.1) is 6.10 Å². The van der Waals surface area contributed by atoms with Crippen molar-refractivity contribution >= 4 is 5.91 Å². The highest BCUT2D eigenvalue weighted by atomic mass is 16.5. The maximum Gasteiger partial charge on any atom is 0.276 e. The Labute approximate surface area is 159 Å². The number of aryl methyl sites for hydroxylation is 1. The van der Waals surface area contributed by atoms with Crippen LogP contribution >= 0.6 is 0 Å². The highest BCUT2D eigenvalue weighted by Crippen LogP contribution is 2.24. The van der Waals surface area contributed by atoms with E-state index in [1.807, 2.05) is 17.0 Å². The van der Waals surface area contributed by atoms with Gasteiger partial charge in [-0.2, -0.15) is 0 Å². The lowest BCUT2D eigenvalue weighted by Gasteiger charge is -2.36. The molecule has 27 heavy (non-hydrogen) atoms. The van der Waals surface area contributed by atoms with Gasteiger partial charge in [0.2, 0.25) is 0 Å². The van der Waals surface area contributed by atoms with Gasteiger partial charge < -0.3 is 14.5 Å². The third kappa shape index (κ3) is 3.92. The van der Waals surface area contributed by atoms with Crippen molar-refractivity contribution in [3.63, 3.8) is 0 Å². The van der Waals surface area contributed by atoms with Crippen LogP contribution in [0.5, 0.6) is 0 Å². The number of benzene rings is 1. The molecule has 4 rings (SSSR count). The van der Waals surface area contributed by atoms with E-state index in [1.165, 1.54) is 5.56 Å². The molecule has 1 aromatic heterocycles. The van der Waals surface area contributed by atoms with E-state index in [9.17, 15) is 9.90 Å². The number of nitrogens with zero attached hydrogens (tertiary/aromatic N) is 3. The minimum atomic E-state index is -0.190. The number of amides is 1. The predicted octanol–water partition coefficient (Wildman–Crippen LogP) is 2.58. The molecule has 2 aromatic rings. The van der Waals surface area contributed by atoms with E-state index in [0.717, 1.165) is 57.4 Å². The molecule has 1 N–H and O–H groups in total. The quantitative estimate of drug-likeness (QED) is 0.897. The number of carbonyl (C=O) groups excluding carboxylic acids is 1. The Morgan fingerprint density at radius 3 is 2.56 bits per heavy atom. The Hall–Kier alpha value is -2.18. The zero-order chi connectivity index (χ0) is 18.8. The second-order valence-electron chi connectivity index (χ2n) is 7.59. The molecule has 2 aliphatic rings. The van der Waals surface area contributed by atoms with Crippen LogP contribution in [0.15, 0.2) is 34.9 Å². The van der Waals surface area contributed by atoms with Crippen molar-refractivity contribution in [2.24, 2.45) is 0 Å². The average molecular weight is 369 g/mol. The van der Waals surface area contributed by atoms with Gasteiger partial charge in [0, 0.05) is 43.9 Å². The molecule has 0 radical (unpaired) electrons. The van der Waals surface area contributed by atoms with Crippen LogP contribution in [0.2, 0.25) is 0 Å². The first-order valence-electron chi connectivity index (χ1n) is 9.91. The number of piperidine rings is 1. The third-order valence-electron chi connectivity index (χ3n) is 5.84. The first kappa shape index (κ1) is 18.2. The molecule has 0 aliphatic carbocycles. The number of aliphatic hydroxyl groups excluding tert-OH is 1. The van der Waals surface area contributed by atoms with Crippen LogP contribution in [-0.4, -0.2) is 64.3 Å². The molecular formula is C21H27N3O3.